The van der Waals surface area contributed by atoms with Crippen LogP contribution < -0.4 is 19.2 Å². The van der Waals surface area contributed by atoms with Gasteiger partial charge in [0.2, 0.25) is 0 Å². The Bertz CT molecular complexity index is 975. The van der Waals surface area contributed by atoms with Crippen molar-refractivity contribution in [1.29, 1.82) is 0 Å². The van der Waals surface area contributed by atoms with E-state index in [0.717, 1.165) is 38.8 Å². The Labute approximate surface area is 342 Å². The van der Waals surface area contributed by atoms with Gasteiger partial charge in [-0.25, -0.2) is 0 Å². The zero-order valence-corrected chi connectivity index (χ0v) is 38.1. The zero-order chi connectivity index (χ0) is 40.1. The molecule has 0 unspecified atom stereocenters. The van der Waals surface area contributed by atoms with Crippen molar-refractivity contribution in [2.45, 2.75) is 207 Å². The summed E-state index contributed by atoms with van der Waals surface area (Å²) in [6, 6.07) is 6.25. The van der Waals surface area contributed by atoms with Gasteiger partial charge in [0, 0.05) is 11.1 Å². The molecule has 0 fully saturated rings. The van der Waals surface area contributed by atoms with E-state index >= 15 is 0 Å². The standard InChI is InChI=1S/C48H89N2O4P/c1-7-9-11-13-15-17-19-21-23-25-27-29-31-33-35-37-39-52-55(51,54-48-42-46(44-49(3)4)41-47(43-48)45-50(5)6)53-40-38-36-34-32-30-28-26-24-22-20-18-16-14-12-10-8-2/h21-24,41-43H,7-20,25-40,44-45H2,1-6H3/p+2/b23-21-,24-22-. The molecule has 0 spiro atoms. The summed E-state index contributed by atoms with van der Waals surface area (Å²) in [6.45, 7) is 7.07. The minimum atomic E-state index is -3.76. The maximum Gasteiger partial charge on any atom is 0.429 e. The molecule has 0 heterocycles. The van der Waals surface area contributed by atoms with Gasteiger partial charge in [0.05, 0.1) is 41.4 Å². The lowest BCUT2D eigenvalue weighted by molar-refractivity contribution is -0.873. The first-order chi connectivity index (χ1) is 26.8. The Morgan fingerprint density at radius 2 is 0.764 bits per heavy atom. The predicted molar refractivity (Wildman–Crippen MR) is 238 cm³/mol. The predicted octanol–water partition coefficient (Wildman–Crippen LogP) is 11.5. The minimum Gasteiger partial charge on any atom is -0.598 e. The number of hydrogen-bond donors (Lipinski definition) is 2. The number of allylic oxidation sites excluding steroid dienone is 4. The second-order valence-corrected chi connectivity index (χ2v) is 18.4. The molecule has 1 rings (SSSR count). The second-order valence-electron chi connectivity index (χ2n) is 16.8. The summed E-state index contributed by atoms with van der Waals surface area (Å²) < 4.78 is 18.2. The number of quaternary nitrogens is 2. The van der Waals surface area contributed by atoms with Crippen molar-refractivity contribution >= 4 is 8.17 Å². The van der Waals surface area contributed by atoms with Gasteiger partial charge in [-0.2, -0.15) is 9.05 Å². The third-order valence-corrected chi connectivity index (χ3v) is 11.6. The Balaban J connectivity index is 2.45. The molecule has 0 aliphatic heterocycles. The van der Waals surface area contributed by atoms with Gasteiger partial charge in [-0.05, 0) is 82.4 Å². The summed E-state index contributed by atoms with van der Waals surface area (Å²) >= 11 is 0. The third kappa shape index (κ3) is 33.4. The number of rotatable bonds is 40. The number of phosphoric ester groups is 1. The molecule has 7 heteroatoms. The van der Waals surface area contributed by atoms with Crippen molar-refractivity contribution in [3.05, 3.63) is 53.6 Å². The minimum absolute atomic E-state index is 0.391. The van der Waals surface area contributed by atoms with E-state index in [4.69, 9.17) is 13.6 Å². The fourth-order valence-electron chi connectivity index (χ4n) is 7.07. The van der Waals surface area contributed by atoms with Crippen molar-refractivity contribution in [3.63, 3.8) is 0 Å². The van der Waals surface area contributed by atoms with E-state index in [2.05, 4.69) is 72.4 Å². The van der Waals surface area contributed by atoms with Gasteiger partial charge < -0.3 is 14.7 Å². The Hall–Kier alpha value is -1.27. The van der Waals surface area contributed by atoms with Gasteiger partial charge in [0.25, 0.3) is 0 Å². The molecule has 320 valence electrons. The molecule has 1 aromatic carbocycles. The summed E-state index contributed by atoms with van der Waals surface area (Å²) in [4.78, 5) is 16.7. The molecule has 0 aliphatic rings. The summed E-state index contributed by atoms with van der Waals surface area (Å²) in [6.07, 6.45) is 44.6. The number of unbranched alkanes of at least 4 members (excludes halogenated alkanes) is 24. The number of nitrogens with one attached hydrogen (secondary N) is 2. The van der Waals surface area contributed by atoms with Gasteiger partial charge in [-0.15, -0.1) is 0 Å². The molecule has 0 amide bonds. The van der Waals surface area contributed by atoms with Crippen LogP contribution in [0.25, 0.3) is 0 Å². The van der Waals surface area contributed by atoms with Crippen LogP contribution in [0.5, 0.6) is 5.75 Å². The second kappa shape index (κ2) is 37.0. The quantitative estimate of drug-likeness (QED) is 0.0395. The summed E-state index contributed by atoms with van der Waals surface area (Å²) in [7, 11) is 4.82. The van der Waals surface area contributed by atoms with E-state index in [0.29, 0.717) is 19.0 Å². The average molecular weight is 791 g/mol. The van der Waals surface area contributed by atoms with Crippen molar-refractivity contribution in [1.82, 2.24) is 0 Å². The smallest absolute Gasteiger partial charge is 0.429 e. The lowest BCUT2D eigenvalue weighted by Crippen LogP contribution is -3.04. The summed E-state index contributed by atoms with van der Waals surface area (Å²) in [5.41, 5.74) is 2.34. The molecular weight excluding hydrogens is 700 g/mol. The molecule has 0 saturated carbocycles. The van der Waals surface area contributed by atoms with E-state index in [1.807, 2.05) is 12.1 Å². The van der Waals surface area contributed by atoms with Crippen LogP contribution in [0, 0.1) is 0 Å². The van der Waals surface area contributed by atoms with Crippen LogP contribution in [0.4, 0.5) is 0 Å². The number of hydrogen-bond acceptors (Lipinski definition) is 4. The molecule has 6 nitrogen and oxygen atoms in total. The van der Waals surface area contributed by atoms with Crippen LogP contribution in [0.3, 0.4) is 0 Å². The van der Waals surface area contributed by atoms with Crippen LogP contribution >= 0.6 is 8.17 Å². The fraction of sp³-hybridized carbons (Fsp3) is 0.792. The van der Waals surface area contributed by atoms with Crippen molar-refractivity contribution in [2.24, 2.45) is 0 Å². The van der Waals surface area contributed by atoms with Crippen molar-refractivity contribution < 1.29 is 28.3 Å². The molecule has 0 aromatic heterocycles. The third-order valence-electron chi connectivity index (χ3n) is 10.2. The monoisotopic (exact) mass is 791 g/mol. The van der Waals surface area contributed by atoms with Crippen LogP contribution in [0.1, 0.15) is 205 Å². The van der Waals surface area contributed by atoms with E-state index in [-0.39, 0.29) is 0 Å². The first-order valence-electron chi connectivity index (χ1n) is 23.4. The highest BCUT2D eigenvalue weighted by atomic mass is 31.2. The Morgan fingerprint density at radius 1 is 0.455 bits per heavy atom. The molecule has 0 radical (unpaired) electrons. The maximum atomic E-state index is 14.1. The van der Waals surface area contributed by atoms with Crippen LogP contribution in [0.15, 0.2) is 42.5 Å². The first-order valence-corrected chi connectivity index (χ1v) is 24.8. The van der Waals surface area contributed by atoms with Gasteiger partial charge in [0.1, 0.15) is 13.1 Å². The molecule has 0 aliphatic carbocycles. The van der Waals surface area contributed by atoms with Crippen LogP contribution in [-0.2, 0) is 22.1 Å². The molecule has 0 saturated heterocycles. The highest BCUT2D eigenvalue weighted by Crippen LogP contribution is 2.54. The Kier molecular flexibility index (Phi) is 34.8. The van der Waals surface area contributed by atoms with E-state index < -0.39 is 8.17 Å². The van der Waals surface area contributed by atoms with Gasteiger partial charge in [0.15, 0.2) is 5.75 Å². The summed E-state index contributed by atoms with van der Waals surface area (Å²) in [5, 5.41) is 0. The van der Waals surface area contributed by atoms with Gasteiger partial charge in [-0.1, -0.05) is 154 Å². The van der Waals surface area contributed by atoms with Gasteiger partial charge in [-0.3, -0.25) is 4.52 Å². The highest BCUT2D eigenvalue weighted by molar-refractivity contribution is 7.54. The Morgan fingerprint density at radius 3 is 1.09 bits per heavy atom. The molecule has 55 heavy (non-hydrogen) atoms. The number of benzene rings is 1. The maximum absolute atomic E-state index is 14.1. The molecule has 0 bridgehead atoms. The van der Waals surface area contributed by atoms with Crippen molar-refractivity contribution in [2.75, 3.05) is 41.4 Å². The fourth-order valence-corrected chi connectivity index (χ4v) is 8.32. The molecule has 0 atom stereocenters. The normalized spacial score (nSPS) is 12.4. The van der Waals surface area contributed by atoms with Crippen LogP contribution in [-0.4, -0.2) is 41.4 Å². The lowest BCUT2D eigenvalue weighted by atomic mass is 10.1. The molecule has 2 N–H and O–H groups in total. The van der Waals surface area contributed by atoms with E-state index in [1.54, 1.807) is 0 Å². The zero-order valence-electron chi connectivity index (χ0n) is 37.2. The highest BCUT2D eigenvalue weighted by Gasteiger charge is 2.35. The van der Waals surface area contributed by atoms with E-state index in [9.17, 15) is 4.89 Å². The summed E-state index contributed by atoms with van der Waals surface area (Å²) in [5.74, 6) is 0.584. The lowest BCUT2D eigenvalue weighted by Gasteiger charge is -2.25. The molecular formula is C48H91N2O4P+2. The largest absolute Gasteiger partial charge is 0.598 e. The average Bonchev–Trinajstić information content (AvgIpc) is 3.13. The first kappa shape index (κ1) is 51.7. The van der Waals surface area contributed by atoms with E-state index in [1.165, 1.54) is 175 Å². The number of phosphoric acid groups is 1. The molecule has 1 aromatic rings. The topological polar surface area (TPSA) is 59.6 Å². The van der Waals surface area contributed by atoms with Crippen molar-refractivity contribution in [3.8, 4) is 5.75 Å². The van der Waals surface area contributed by atoms with Gasteiger partial charge >= 0.3 is 8.17 Å². The van der Waals surface area contributed by atoms with Crippen LogP contribution in [0.2, 0.25) is 0 Å². The SMILES string of the molecule is CCCCCCCC/C=C\CCCCCCCCO[P+]([O-])(OCCCCCCCC/C=C\CCCCCCCC)Oc1cc(C[NH+](C)C)cc(C[NH+](C)C)c1.